The lowest BCUT2D eigenvalue weighted by molar-refractivity contribution is -0.265. The molecule has 0 radical (unpaired) electrons. The van der Waals surface area contributed by atoms with Crippen molar-refractivity contribution in [3.8, 4) is 0 Å². The SMILES string of the molecule is CO[C@H]1C[C@@H]2CC[C@@H](C)[C@@](O)(O2)C(=O)C(=O)N2CCCC[C@H]2C(=O)O[C@H]([C@@H](C)C[C@@H]2CC[C@@H](O)[C@H](OC)C2)CC(=O)[C@H](C)/C=C(\C)[C@H](O)[C@@H](OC)C(=O)[C@H](C)C[C@H](C)/C=C/C=C/C=C/1C. The maximum atomic E-state index is 14.4. The number of cyclic esters (lactones) is 1. The molecule has 1 aliphatic carbocycles. The highest BCUT2D eigenvalue weighted by Crippen LogP contribution is 2.38. The average Bonchev–Trinajstić information content (AvgIpc) is 3.28. The number of piperidine rings is 1. The van der Waals surface area contributed by atoms with E-state index in [9.17, 15) is 39.3 Å². The zero-order chi connectivity index (χ0) is 48.2. The van der Waals surface area contributed by atoms with Crippen molar-refractivity contribution in [1.29, 1.82) is 0 Å². The predicted molar refractivity (Wildman–Crippen MR) is 245 cm³/mol. The topological polar surface area (TPSA) is 195 Å². The van der Waals surface area contributed by atoms with Gasteiger partial charge in [0.2, 0.25) is 5.79 Å². The van der Waals surface area contributed by atoms with Gasteiger partial charge in [0.05, 0.1) is 24.4 Å². The molecule has 0 aromatic heterocycles. The Hall–Kier alpha value is -3.37. The van der Waals surface area contributed by atoms with E-state index in [1.807, 2.05) is 58.1 Å². The Morgan fingerprint density at radius 2 is 1.57 bits per heavy atom. The van der Waals surface area contributed by atoms with Crippen LogP contribution in [0.1, 0.15) is 126 Å². The number of Topliss-reactive ketones (excluding diaryl/α,β-unsaturated/α-hetero) is 3. The zero-order valence-electron chi connectivity index (χ0n) is 40.6. The minimum absolute atomic E-state index is 0.0193. The lowest BCUT2D eigenvalue weighted by Crippen LogP contribution is -2.61. The molecule has 3 aliphatic heterocycles. The van der Waals surface area contributed by atoms with Crippen LogP contribution in [0.4, 0.5) is 0 Å². The molecule has 1 saturated carbocycles. The molecule has 3 heterocycles. The van der Waals surface area contributed by atoms with Crippen molar-refractivity contribution in [2.45, 2.75) is 180 Å². The highest BCUT2D eigenvalue weighted by atomic mass is 16.6. The van der Waals surface area contributed by atoms with E-state index < -0.39 is 83.9 Å². The molecule has 3 N–H and O–H groups in total. The van der Waals surface area contributed by atoms with Crippen molar-refractivity contribution in [2.75, 3.05) is 27.9 Å². The van der Waals surface area contributed by atoms with Crippen LogP contribution in [0.3, 0.4) is 0 Å². The van der Waals surface area contributed by atoms with Gasteiger partial charge in [0.15, 0.2) is 5.78 Å². The summed E-state index contributed by atoms with van der Waals surface area (Å²) in [5, 5.41) is 33.8. The van der Waals surface area contributed by atoms with Crippen LogP contribution >= 0.6 is 0 Å². The third-order valence-corrected chi connectivity index (χ3v) is 14.5. The molecular formula is C51H79NO13. The van der Waals surface area contributed by atoms with Gasteiger partial charge in [-0.05, 0) is 107 Å². The maximum Gasteiger partial charge on any atom is 0.329 e. The van der Waals surface area contributed by atoms with Crippen molar-refractivity contribution >= 4 is 29.2 Å². The number of aliphatic hydroxyl groups excluding tert-OH is 2. The van der Waals surface area contributed by atoms with Crippen LogP contribution < -0.4 is 0 Å². The summed E-state index contributed by atoms with van der Waals surface area (Å²) in [7, 11) is 4.52. The second-order valence-corrected chi connectivity index (χ2v) is 19.6. The highest BCUT2D eigenvalue weighted by molar-refractivity contribution is 6.39. The van der Waals surface area contributed by atoms with Crippen LogP contribution in [-0.2, 0) is 47.7 Å². The largest absolute Gasteiger partial charge is 0.460 e. The van der Waals surface area contributed by atoms with Gasteiger partial charge < -0.3 is 43.9 Å². The van der Waals surface area contributed by atoms with Gasteiger partial charge in [-0.2, -0.15) is 0 Å². The number of aliphatic hydroxyl groups is 3. The Morgan fingerprint density at radius 3 is 2.25 bits per heavy atom. The number of carbonyl (C=O) groups excluding carboxylic acids is 5. The molecule has 65 heavy (non-hydrogen) atoms. The molecule has 14 nitrogen and oxygen atoms in total. The van der Waals surface area contributed by atoms with Crippen LogP contribution in [0.25, 0.3) is 0 Å². The van der Waals surface area contributed by atoms with Crippen molar-refractivity contribution in [3.63, 3.8) is 0 Å². The lowest BCUT2D eigenvalue weighted by atomic mass is 9.78. The average molecular weight is 914 g/mol. The minimum Gasteiger partial charge on any atom is -0.460 e. The normalized spacial score (nSPS) is 40.4. The fourth-order valence-corrected chi connectivity index (χ4v) is 10.1. The van der Waals surface area contributed by atoms with E-state index in [-0.39, 0.29) is 54.8 Å². The summed E-state index contributed by atoms with van der Waals surface area (Å²) in [5.41, 5.74) is 1.27. The first-order valence-electron chi connectivity index (χ1n) is 23.9. The molecule has 3 fully saturated rings. The van der Waals surface area contributed by atoms with Crippen molar-refractivity contribution < 1.29 is 63.0 Å². The number of allylic oxidation sites excluding steroid dienone is 6. The second-order valence-electron chi connectivity index (χ2n) is 19.6. The van der Waals surface area contributed by atoms with Crippen molar-refractivity contribution in [1.82, 2.24) is 4.90 Å². The fourth-order valence-electron chi connectivity index (χ4n) is 10.1. The van der Waals surface area contributed by atoms with Gasteiger partial charge in [0.1, 0.15) is 30.1 Å². The number of ether oxygens (including phenoxy) is 5. The standard InChI is InChI=1S/C51H79NO13/c1-30-16-12-11-13-17-31(2)42(61-8)28-38-21-19-36(7)51(60,65-38)48(57)49(58)52-23-15-14-18-39(52)50(59)64-43(33(4)26-37-20-22-40(53)44(27-37)62-9)29-41(54)32(3)25-35(6)46(56)47(63-10)45(55)34(5)24-30/h11-13,16-17,25,30,32-34,36-40,42-44,46-47,53,56,60H,14-15,18-24,26-29H2,1-10H3/b13-11+,16-12+,31-17+,35-25+/t30-,32-,33+,34-,36-,37+,38+,39+,40-,42+,43+,44-,46+,47+,51-/m1/s1. The van der Waals surface area contributed by atoms with E-state index in [1.165, 1.54) is 12.0 Å². The summed E-state index contributed by atoms with van der Waals surface area (Å²) >= 11 is 0. The monoisotopic (exact) mass is 914 g/mol. The summed E-state index contributed by atoms with van der Waals surface area (Å²) in [6.45, 7) is 12.7. The molecule has 4 aliphatic rings. The molecule has 14 heteroatoms. The van der Waals surface area contributed by atoms with Crippen LogP contribution in [0.2, 0.25) is 0 Å². The number of methoxy groups -OCH3 is 3. The number of fused-ring (bicyclic) bond motifs is 3. The molecule has 0 unspecified atom stereocenters. The summed E-state index contributed by atoms with van der Waals surface area (Å²) in [4.78, 5) is 71.8. The quantitative estimate of drug-likeness (QED) is 0.156. The third kappa shape index (κ3) is 14.3. The molecule has 1 amide bonds. The number of hydrogen-bond donors (Lipinski definition) is 3. The molecule has 0 aromatic rings. The summed E-state index contributed by atoms with van der Waals surface area (Å²) < 4.78 is 29.4. The molecule has 2 bridgehead atoms. The van der Waals surface area contributed by atoms with Gasteiger partial charge >= 0.3 is 5.97 Å². The van der Waals surface area contributed by atoms with E-state index in [0.717, 1.165) is 12.0 Å². The number of amides is 1. The van der Waals surface area contributed by atoms with Gasteiger partial charge in [0, 0.05) is 58.5 Å². The molecule has 2 saturated heterocycles. The first kappa shape index (κ1) is 54.2. The lowest BCUT2D eigenvalue weighted by Gasteiger charge is -2.42. The highest BCUT2D eigenvalue weighted by Gasteiger charge is 2.53. The van der Waals surface area contributed by atoms with E-state index in [1.54, 1.807) is 41.1 Å². The number of carbonyl (C=O) groups is 5. The van der Waals surface area contributed by atoms with Gasteiger partial charge in [-0.3, -0.25) is 19.2 Å². The Labute approximate surface area is 387 Å². The number of ketones is 3. The second kappa shape index (κ2) is 25.1. The molecular weight excluding hydrogens is 835 g/mol. The maximum absolute atomic E-state index is 14.4. The summed E-state index contributed by atoms with van der Waals surface area (Å²) in [6.07, 6.45) is 11.2. The Kier molecular flexibility index (Phi) is 21.0. The Morgan fingerprint density at radius 1 is 0.846 bits per heavy atom. The Bertz CT molecular complexity index is 1760. The zero-order valence-corrected chi connectivity index (χ0v) is 40.6. The number of esters is 1. The summed E-state index contributed by atoms with van der Waals surface area (Å²) in [5.74, 6) is -7.96. The smallest absolute Gasteiger partial charge is 0.329 e. The first-order valence-corrected chi connectivity index (χ1v) is 23.9. The fraction of sp³-hybridized carbons (Fsp3) is 0.745. The molecule has 0 aromatic carbocycles. The third-order valence-electron chi connectivity index (χ3n) is 14.5. The number of hydrogen-bond acceptors (Lipinski definition) is 13. The van der Waals surface area contributed by atoms with E-state index in [4.69, 9.17) is 23.7 Å². The van der Waals surface area contributed by atoms with Crippen LogP contribution in [0, 0.1) is 35.5 Å². The van der Waals surface area contributed by atoms with Gasteiger partial charge in [-0.15, -0.1) is 0 Å². The van der Waals surface area contributed by atoms with E-state index in [2.05, 4.69) is 0 Å². The Balaban J connectivity index is 1.70. The van der Waals surface area contributed by atoms with Crippen LogP contribution in [-0.4, -0.2) is 132 Å². The predicted octanol–water partition coefficient (Wildman–Crippen LogP) is 6.18. The van der Waals surface area contributed by atoms with Crippen molar-refractivity contribution in [3.05, 3.63) is 47.6 Å². The minimum atomic E-state index is -2.43. The molecule has 0 spiro atoms. The van der Waals surface area contributed by atoms with Crippen molar-refractivity contribution in [2.24, 2.45) is 35.5 Å². The van der Waals surface area contributed by atoms with Crippen LogP contribution in [0.15, 0.2) is 47.6 Å². The molecule has 366 valence electrons. The molecule has 4 rings (SSSR count). The van der Waals surface area contributed by atoms with Crippen LogP contribution in [0.5, 0.6) is 0 Å². The molecule has 15 atom stereocenters. The van der Waals surface area contributed by atoms with Gasteiger partial charge in [-0.1, -0.05) is 71.1 Å². The summed E-state index contributed by atoms with van der Waals surface area (Å²) in [6, 6.07) is -1.14. The van der Waals surface area contributed by atoms with Gasteiger partial charge in [0.25, 0.3) is 11.7 Å². The first-order chi connectivity index (χ1) is 30.7. The number of rotatable bonds is 6. The van der Waals surface area contributed by atoms with E-state index >= 15 is 0 Å². The number of nitrogens with zero attached hydrogens (tertiary/aromatic N) is 1. The van der Waals surface area contributed by atoms with Gasteiger partial charge in [-0.25, -0.2) is 4.79 Å². The van der Waals surface area contributed by atoms with E-state index in [0.29, 0.717) is 63.4 Å².